The molecule has 0 atom stereocenters. The number of ketones is 1. The number of Topliss-reactive ketones (excluding diaryl/α,β-unsaturated/α-hetero) is 1. The number of ether oxygens (including phenoxy) is 4. The Morgan fingerprint density at radius 2 is 1.71 bits per heavy atom. The van der Waals surface area contributed by atoms with Crippen molar-refractivity contribution >= 4 is 39.0 Å². The Morgan fingerprint density at radius 3 is 2.45 bits per heavy atom. The molecule has 0 saturated heterocycles. The molecule has 0 spiro atoms. The van der Waals surface area contributed by atoms with E-state index in [9.17, 15) is 9.59 Å². The first-order chi connectivity index (χ1) is 20.4. The topological polar surface area (TPSA) is 114 Å². The van der Waals surface area contributed by atoms with Crippen molar-refractivity contribution in [3.63, 3.8) is 0 Å². The molecule has 3 aromatic heterocycles. The third-order valence-corrected chi connectivity index (χ3v) is 7.52. The van der Waals surface area contributed by atoms with Crippen molar-refractivity contribution in [3.8, 4) is 28.1 Å². The monoisotopic (exact) mass is 583 g/mol. The molecule has 6 aromatic rings. The van der Waals surface area contributed by atoms with E-state index in [4.69, 9.17) is 23.4 Å². The lowest BCUT2D eigenvalue weighted by atomic mass is 10.0. The van der Waals surface area contributed by atoms with Crippen LogP contribution in [0.25, 0.3) is 27.4 Å². The maximum atomic E-state index is 12.9. The van der Waals surface area contributed by atoms with E-state index in [2.05, 4.69) is 10.1 Å². The van der Waals surface area contributed by atoms with Crippen molar-refractivity contribution in [2.75, 3.05) is 21.3 Å². The third-order valence-electron chi connectivity index (χ3n) is 6.64. The molecule has 0 saturated carbocycles. The van der Waals surface area contributed by atoms with Crippen molar-refractivity contribution in [1.29, 1.82) is 0 Å². The quantitative estimate of drug-likeness (QED) is 0.141. The summed E-state index contributed by atoms with van der Waals surface area (Å²) in [5, 5.41) is 5.62. The second-order valence-electron chi connectivity index (χ2n) is 9.35. The summed E-state index contributed by atoms with van der Waals surface area (Å²) in [4.78, 5) is 29.8. The van der Waals surface area contributed by atoms with Gasteiger partial charge in [0.05, 0.1) is 38.5 Å². The Balaban J connectivity index is 1.19. The minimum absolute atomic E-state index is 0.0577. The van der Waals surface area contributed by atoms with Crippen molar-refractivity contribution in [2.45, 2.75) is 13.0 Å². The fourth-order valence-corrected chi connectivity index (χ4v) is 5.22. The second kappa shape index (κ2) is 11.4. The lowest BCUT2D eigenvalue weighted by Crippen LogP contribution is -2.06. The van der Waals surface area contributed by atoms with E-state index in [-0.39, 0.29) is 18.8 Å². The van der Waals surface area contributed by atoms with Crippen LogP contribution in [0.15, 0.2) is 77.3 Å². The molecule has 3 aromatic carbocycles. The minimum atomic E-state index is -0.443. The molecule has 42 heavy (non-hydrogen) atoms. The van der Waals surface area contributed by atoms with Gasteiger partial charge in [0.15, 0.2) is 11.5 Å². The van der Waals surface area contributed by atoms with Crippen LogP contribution < -0.4 is 14.2 Å². The highest BCUT2D eigenvalue weighted by atomic mass is 32.1. The summed E-state index contributed by atoms with van der Waals surface area (Å²) in [7, 11) is 4.47. The van der Waals surface area contributed by atoms with Crippen molar-refractivity contribution in [3.05, 3.63) is 95.2 Å². The lowest BCUT2D eigenvalue weighted by Gasteiger charge is -2.10. The van der Waals surface area contributed by atoms with Crippen LogP contribution in [-0.2, 0) is 17.8 Å². The van der Waals surface area contributed by atoms with Gasteiger partial charge in [-0.3, -0.25) is 4.79 Å². The first-order valence-corrected chi connectivity index (χ1v) is 13.7. The Hall–Kier alpha value is -5.16. The normalized spacial score (nSPS) is 11.1. The lowest BCUT2D eigenvalue weighted by molar-refractivity contribution is 0.0600. The van der Waals surface area contributed by atoms with Crippen molar-refractivity contribution in [2.24, 2.45) is 0 Å². The molecule has 11 heteroatoms. The SMILES string of the molecule is COC(=O)c1ccc(C(=O)Cc2cccc(COc3cc(OC)cc4oc(-c5cn6nc(OC)sc6n5)cc34)c2)cc1. The molecule has 0 aliphatic heterocycles. The standard InChI is InChI=1S/C31H25N3O7S/c1-37-22-13-26(23-15-28(41-27(23)14-22)24-16-34-30(32-24)42-31(33-34)39-3)40-17-19-6-4-5-18(11-19)12-25(35)20-7-9-21(10-8-20)29(36)38-2/h4-11,13-16H,12,17H2,1-3H3. The van der Waals surface area contributed by atoms with Gasteiger partial charge in [-0.15, -0.1) is 5.10 Å². The van der Waals surface area contributed by atoms with E-state index in [1.165, 1.54) is 18.4 Å². The zero-order chi connectivity index (χ0) is 29.2. The number of carbonyl (C=O) groups excluding carboxylic acids is 2. The van der Waals surface area contributed by atoms with E-state index in [0.717, 1.165) is 16.5 Å². The zero-order valence-electron chi connectivity index (χ0n) is 23.0. The highest BCUT2D eigenvalue weighted by molar-refractivity contribution is 7.18. The van der Waals surface area contributed by atoms with Crippen LogP contribution in [0.3, 0.4) is 0 Å². The van der Waals surface area contributed by atoms with Crippen LogP contribution in [0.4, 0.5) is 0 Å². The smallest absolute Gasteiger partial charge is 0.337 e. The molecule has 3 heterocycles. The van der Waals surface area contributed by atoms with E-state index in [0.29, 0.717) is 49.8 Å². The summed E-state index contributed by atoms with van der Waals surface area (Å²) in [5.74, 6) is 1.25. The molecule has 212 valence electrons. The number of furan rings is 1. The number of fused-ring (bicyclic) bond motifs is 2. The largest absolute Gasteiger partial charge is 0.496 e. The van der Waals surface area contributed by atoms with Gasteiger partial charge < -0.3 is 23.4 Å². The average Bonchev–Trinajstić information content (AvgIpc) is 3.73. The summed E-state index contributed by atoms with van der Waals surface area (Å²) in [6.07, 6.45) is 1.99. The molecular weight excluding hydrogens is 558 g/mol. The number of carbonyl (C=O) groups is 2. The maximum Gasteiger partial charge on any atom is 0.337 e. The fraction of sp³-hybridized carbons (Fsp3) is 0.161. The van der Waals surface area contributed by atoms with Gasteiger partial charge in [-0.25, -0.2) is 14.3 Å². The molecular formula is C31H25N3O7S. The molecule has 0 amide bonds. The Kier molecular flexibility index (Phi) is 7.32. The van der Waals surface area contributed by atoms with Gasteiger partial charge in [0, 0.05) is 24.1 Å². The first kappa shape index (κ1) is 27.0. The summed E-state index contributed by atoms with van der Waals surface area (Å²) < 4.78 is 29.4. The number of rotatable bonds is 10. The summed E-state index contributed by atoms with van der Waals surface area (Å²) in [6, 6.07) is 19.6. The average molecular weight is 584 g/mol. The molecule has 0 aliphatic rings. The van der Waals surface area contributed by atoms with Gasteiger partial charge in [-0.2, -0.15) is 0 Å². The number of aromatic nitrogens is 3. The molecule has 6 rings (SSSR count). The van der Waals surface area contributed by atoms with Crippen LogP contribution in [0.1, 0.15) is 31.8 Å². The fourth-order valence-electron chi connectivity index (χ4n) is 4.52. The number of esters is 1. The van der Waals surface area contributed by atoms with Crippen LogP contribution in [0.2, 0.25) is 0 Å². The summed E-state index contributed by atoms with van der Waals surface area (Å²) in [5.41, 5.74) is 3.90. The van der Waals surface area contributed by atoms with Crippen molar-refractivity contribution < 1.29 is 33.0 Å². The molecule has 0 N–H and O–H groups in total. The number of methoxy groups -OCH3 is 3. The predicted octanol–water partition coefficient (Wildman–Crippen LogP) is 6.01. The zero-order valence-corrected chi connectivity index (χ0v) is 23.8. The summed E-state index contributed by atoms with van der Waals surface area (Å²) in [6.45, 7) is 0.266. The maximum absolute atomic E-state index is 12.9. The van der Waals surface area contributed by atoms with E-state index >= 15 is 0 Å². The van der Waals surface area contributed by atoms with E-state index in [1.807, 2.05) is 36.4 Å². The van der Waals surface area contributed by atoms with Gasteiger partial charge in [-0.1, -0.05) is 36.4 Å². The van der Waals surface area contributed by atoms with Crippen LogP contribution in [0, 0.1) is 0 Å². The number of hydrogen-bond donors (Lipinski definition) is 0. The number of hydrogen-bond acceptors (Lipinski definition) is 10. The Bertz CT molecular complexity index is 1890. The van der Waals surface area contributed by atoms with Gasteiger partial charge >= 0.3 is 5.97 Å². The van der Waals surface area contributed by atoms with Gasteiger partial charge in [0.1, 0.15) is 29.4 Å². The second-order valence-corrected chi connectivity index (χ2v) is 10.3. The molecule has 0 bridgehead atoms. The van der Waals surface area contributed by atoms with Crippen LogP contribution >= 0.6 is 11.3 Å². The molecule has 0 aliphatic carbocycles. The molecule has 0 fully saturated rings. The Morgan fingerprint density at radius 1 is 0.929 bits per heavy atom. The summed E-state index contributed by atoms with van der Waals surface area (Å²) >= 11 is 1.33. The molecule has 10 nitrogen and oxygen atoms in total. The van der Waals surface area contributed by atoms with E-state index in [1.54, 1.807) is 55.3 Å². The van der Waals surface area contributed by atoms with Gasteiger partial charge in [-0.05, 0) is 40.7 Å². The number of benzene rings is 3. The Labute approximate surface area is 244 Å². The highest BCUT2D eigenvalue weighted by Gasteiger charge is 2.17. The number of nitrogens with zero attached hydrogens (tertiary/aromatic N) is 3. The molecule has 0 radical (unpaired) electrons. The highest BCUT2D eigenvalue weighted by Crippen LogP contribution is 2.37. The van der Waals surface area contributed by atoms with Crippen molar-refractivity contribution in [1.82, 2.24) is 14.6 Å². The first-order valence-electron chi connectivity index (χ1n) is 12.9. The van der Waals surface area contributed by atoms with Crippen LogP contribution in [0.5, 0.6) is 16.7 Å². The van der Waals surface area contributed by atoms with Gasteiger partial charge in [0.25, 0.3) is 5.19 Å². The number of imidazole rings is 1. The van der Waals surface area contributed by atoms with Crippen LogP contribution in [-0.4, -0.2) is 47.7 Å². The minimum Gasteiger partial charge on any atom is -0.496 e. The van der Waals surface area contributed by atoms with Gasteiger partial charge in [0.2, 0.25) is 4.96 Å². The predicted molar refractivity (Wildman–Crippen MR) is 156 cm³/mol. The van der Waals surface area contributed by atoms with E-state index < -0.39 is 5.97 Å². The molecule has 0 unspecified atom stereocenters. The third kappa shape index (κ3) is 5.41.